The van der Waals surface area contributed by atoms with E-state index in [1.165, 1.54) is 6.07 Å². The first-order chi connectivity index (χ1) is 9.50. The van der Waals surface area contributed by atoms with Crippen molar-refractivity contribution in [1.29, 1.82) is 0 Å². The molecule has 1 aliphatic heterocycles. The minimum absolute atomic E-state index is 0. The van der Waals surface area contributed by atoms with Gasteiger partial charge in [0.05, 0.1) is 4.47 Å². The predicted octanol–water partition coefficient (Wildman–Crippen LogP) is 3.75. The van der Waals surface area contributed by atoms with Crippen LogP contribution in [0.3, 0.4) is 0 Å². The third-order valence-electron chi connectivity index (χ3n) is 3.41. The van der Waals surface area contributed by atoms with Gasteiger partial charge in [0.25, 0.3) is 0 Å². The first-order valence-corrected chi connectivity index (χ1v) is 7.16. The van der Waals surface area contributed by atoms with Crippen LogP contribution in [0, 0.1) is 11.6 Å². The Morgan fingerprint density at radius 2 is 1.81 bits per heavy atom. The highest BCUT2D eigenvalue weighted by Crippen LogP contribution is 2.34. The van der Waals surface area contributed by atoms with E-state index in [1.807, 2.05) is 0 Å². The zero-order chi connectivity index (χ0) is 14.7. The van der Waals surface area contributed by atoms with Crippen molar-refractivity contribution in [2.24, 2.45) is 0 Å². The summed E-state index contributed by atoms with van der Waals surface area (Å²) in [4.78, 5) is 1.70. The third-order valence-corrected chi connectivity index (χ3v) is 4.02. The van der Waals surface area contributed by atoms with Gasteiger partial charge in [-0.25, -0.2) is 17.6 Å². The van der Waals surface area contributed by atoms with E-state index in [-0.39, 0.29) is 22.4 Å². The molecule has 0 saturated carbocycles. The van der Waals surface area contributed by atoms with Crippen LogP contribution in [-0.2, 0) is 0 Å². The van der Waals surface area contributed by atoms with E-state index in [2.05, 4.69) is 21.2 Å². The molecule has 1 saturated heterocycles. The molecule has 0 amide bonds. The second kappa shape index (κ2) is 8.31. The van der Waals surface area contributed by atoms with Gasteiger partial charge >= 0.3 is 0 Å². The van der Waals surface area contributed by atoms with E-state index < -0.39 is 30.5 Å². The minimum Gasteiger partial charge on any atom is -0.314 e. The van der Waals surface area contributed by atoms with Crippen LogP contribution >= 0.6 is 28.3 Å². The van der Waals surface area contributed by atoms with Crippen LogP contribution < -0.4 is 5.32 Å². The van der Waals surface area contributed by atoms with Gasteiger partial charge in [-0.15, -0.1) is 12.4 Å². The lowest BCUT2D eigenvalue weighted by atomic mass is 10.00. The molecule has 8 heteroatoms. The summed E-state index contributed by atoms with van der Waals surface area (Å²) >= 11 is 2.98. The van der Waals surface area contributed by atoms with Crippen molar-refractivity contribution >= 4 is 28.3 Å². The largest absolute Gasteiger partial charge is 0.314 e. The molecule has 0 bridgehead atoms. The van der Waals surface area contributed by atoms with Crippen molar-refractivity contribution in [1.82, 2.24) is 10.2 Å². The molecule has 0 aliphatic carbocycles. The lowest BCUT2D eigenvalue weighted by Crippen LogP contribution is -2.46. The van der Waals surface area contributed by atoms with Crippen molar-refractivity contribution in [3.8, 4) is 0 Å². The Morgan fingerprint density at radius 1 is 1.19 bits per heavy atom. The standard InChI is InChI=1S/C13H15BrF4N2.ClH/c14-8-1-2-9(15)12(13(8)18)10(7-11(16)17)20-5-3-19-4-6-20;/h1-2,10-11,19H,3-7H2;1H/t10-;/m1./s1. The van der Waals surface area contributed by atoms with Gasteiger partial charge in [-0.3, -0.25) is 4.90 Å². The molecule has 0 aromatic heterocycles. The Morgan fingerprint density at radius 3 is 2.38 bits per heavy atom. The summed E-state index contributed by atoms with van der Waals surface area (Å²) in [6, 6.07) is 1.39. The lowest BCUT2D eigenvalue weighted by molar-refractivity contribution is 0.0709. The van der Waals surface area contributed by atoms with Crippen LogP contribution in [0.5, 0.6) is 0 Å². The van der Waals surface area contributed by atoms with Crippen molar-refractivity contribution in [3.05, 3.63) is 33.8 Å². The Hall–Kier alpha value is -0.370. The zero-order valence-corrected chi connectivity index (χ0v) is 13.5. The van der Waals surface area contributed by atoms with Crippen LogP contribution in [0.15, 0.2) is 16.6 Å². The van der Waals surface area contributed by atoms with Crippen molar-refractivity contribution in [2.75, 3.05) is 26.2 Å². The van der Waals surface area contributed by atoms with Crippen molar-refractivity contribution in [3.63, 3.8) is 0 Å². The van der Waals surface area contributed by atoms with E-state index in [9.17, 15) is 17.6 Å². The van der Waals surface area contributed by atoms with Gasteiger partial charge in [0.1, 0.15) is 11.6 Å². The molecular formula is C13H16BrClF4N2. The number of hydrogen-bond donors (Lipinski definition) is 1. The fraction of sp³-hybridized carbons (Fsp3) is 0.538. The number of piperazine rings is 1. The van der Waals surface area contributed by atoms with Crippen LogP contribution in [-0.4, -0.2) is 37.5 Å². The van der Waals surface area contributed by atoms with Gasteiger partial charge < -0.3 is 5.32 Å². The van der Waals surface area contributed by atoms with E-state index in [0.29, 0.717) is 26.2 Å². The molecule has 1 N–H and O–H groups in total. The first kappa shape index (κ1) is 18.7. The first-order valence-electron chi connectivity index (χ1n) is 6.37. The van der Waals surface area contributed by atoms with Gasteiger partial charge in [-0.1, -0.05) is 0 Å². The molecule has 1 heterocycles. The Bertz CT molecular complexity index is 470. The SMILES string of the molecule is Cl.Fc1ccc(Br)c(F)c1[C@@H](CC(F)F)N1CCNCC1. The van der Waals surface area contributed by atoms with E-state index >= 15 is 0 Å². The normalized spacial score (nSPS) is 17.6. The Kier molecular flexibility index (Phi) is 7.39. The molecule has 2 rings (SSSR count). The van der Waals surface area contributed by atoms with Crippen molar-refractivity contribution < 1.29 is 17.6 Å². The molecule has 1 fully saturated rings. The van der Waals surface area contributed by atoms with Crippen LogP contribution in [0.25, 0.3) is 0 Å². The van der Waals surface area contributed by atoms with Gasteiger partial charge in [-0.2, -0.15) is 0 Å². The fourth-order valence-electron chi connectivity index (χ4n) is 2.46. The molecule has 0 radical (unpaired) electrons. The monoisotopic (exact) mass is 390 g/mol. The summed E-state index contributed by atoms with van der Waals surface area (Å²) in [5.74, 6) is -1.58. The van der Waals surface area contributed by atoms with Crippen LogP contribution in [0.4, 0.5) is 17.6 Å². The van der Waals surface area contributed by atoms with Crippen LogP contribution in [0.2, 0.25) is 0 Å². The molecule has 1 aromatic carbocycles. The molecule has 1 aliphatic rings. The molecule has 120 valence electrons. The maximum Gasteiger partial charge on any atom is 0.240 e. The third kappa shape index (κ3) is 4.55. The minimum atomic E-state index is -2.62. The molecule has 1 aromatic rings. The number of benzene rings is 1. The van der Waals surface area contributed by atoms with Crippen LogP contribution in [0.1, 0.15) is 18.0 Å². The molecule has 1 atom stereocenters. The molecule has 2 nitrogen and oxygen atoms in total. The van der Waals surface area contributed by atoms with Gasteiger partial charge in [-0.05, 0) is 28.1 Å². The average molecular weight is 392 g/mol. The summed E-state index contributed by atoms with van der Waals surface area (Å²) in [6.07, 6.45) is -3.20. The Labute approximate surface area is 135 Å². The summed E-state index contributed by atoms with van der Waals surface area (Å²) < 4.78 is 53.7. The Balaban J connectivity index is 0.00000220. The highest BCUT2D eigenvalue weighted by Gasteiger charge is 2.30. The quantitative estimate of drug-likeness (QED) is 0.621. The smallest absolute Gasteiger partial charge is 0.240 e. The van der Waals surface area contributed by atoms with E-state index in [1.54, 1.807) is 4.90 Å². The highest BCUT2D eigenvalue weighted by atomic mass is 79.9. The number of alkyl halides is 2. The summed E-state index contributed by atoms with van der Waals surface area (Å²) in [6.45, 7) is 2.22. The number of halogens is 6. The second-order valence-electron chi connectivity index (χ2n) is 4.69. The highest BCUT2D eigenvalue weighted by molar-refractivity contribution is 9.10. The van der Waals surface area contributed by atoms with E-state index in [0.717, 1.165) is 6.07 Å². The van der Waals surface area contributed by atoms with Gasteiger partial charge in [0.15, 0.2) is 0 Å². The van der Waals surface area contributed by atoms with Gasteiger partial charge in [0.2, 0.25) is 6.43 Å². The van der Waals surface area contributed by atoms with Gasteiger partial charge in [0, 0.05) is 44.2 Å². The second-order valence-corrected chi connectivity index (χ2v) is 5.54. The maximum atomic E-state index is 14.1. The van der Waals surface area contributed by atoms with Crippen molar-refractivity contribution in [2.45, 2.75) is 18.9 Å². The molecule has 21 heavy (non-hydrogen) atoms. The lowest BCUT2D eigenvalue weighted by Gasteiger charge is -2.35. The molecule has 0 unspecified atom stereocenters. The fourth-order valence-corrected chi connectivity index (χ4v) is 2.81. The maximum absolute atomic E-state index is 14.1. The summed E-state index contributed by atoms with van der Waals surface area (Å²) in [7, 11) is 0. The number of rotatable bonds is 4. The number of nitrogens with one attached hydrogen (secondary N) is 1. The summed E-state index contributed by atoms with van der Waals surface area (Å²) in [5, 5.41) is 3.09. The number of hydrogen-bond acceptors (Lipinski definition) is 2. The average Bonchev–Trinajstić information content (AvgIpc) is 2.43. The molecular weight excluding hydrogens is 376 g/mol. The summed E-state index contributed by atoms with van der Waals surface area (Å²) in [5.41, 5.74) is -0.276. The van der Waals surface area contributed by atoms with E-state index in [4.69, 9.17) is 0 Å². The topological polar surface area (TPSA) is 15.3 Å². The predicted molar refractivity (Wildman–Crippen MR) is 79.1 cm³/mol. The zero-order valence-electron chi connectivity index (χ0n) is 11.1. The molecule has 0 spiro atoms. The number of nitrogens with zero attached hydrogens (tertiary/aromatic N) is 1.